The Labute approximate surface area is 121 Å². The first kappa shape index (κ1) is 12.9. The molecule has 6 heteroatoms. The van der Waals surface area contributed by atoms with E-state index in [0.717, 1.165) is 31.8 Å². The molecule has 0 amide bonds. The third-order valence-electron chi connectivity index (χ3n) is 3.33. The maximum atomic E-state index is 6.15. The molecule has 1 saturated heterocycles. The van der Waals surface area contributed by atoms with E-state index in [-0.39, 0.29) is 0 Å². The predicted molar refractivity (Wildman–Crippen MR) is 74.6 cm³/mol. The van der Waals surface area contributed by atoms with Crippen molar-refractivity contribution in [3.8, 4) is 11.5 Å². The van der Waals surface area contributed by atoms with E-state index in [0.29, 0.717) is 27.4 Å². The average Bonchev–Trinajstić information content (AvgIpc) is 2.92. The summed E-state index contributed by atoms with van der Waals surface area (Å²) >= 11 is 12.1. The zero-order chi connectivity index (χ0) is 13.2. The molecular formula is C13H13Cl2N3O. The van der Waals surface area contributed by atoms with Gasteiger partial charge in [-0.3, -0.25) is 0 Å². The first-order chi connectivity index (χ1) is 9.25. The van der Waals surface area contributed by atoms with Crippen molar-refractivity contribution in [2.75, 3.05) is 13.1 Å². The molecule has 3 rings (SSSR count). The van der Waals surface area contributed by atoms with Crippen molar-refractivity contribution in [2.45, 2.75) is 18.8 Å². The Morgan fingerprint density at radius 2 is 2.00 bits per heavy atom. The Morgan fingerprint density at radius 3 is 2.79 bits per heavy atom. The van der Waals surface area contributed by atoms with Crippen LogP contribution in [0.2, 0.25) is 10.0 Å². The van der Waals surface area contributed by atoms with Crippen molar-refractivity contribution in [1.29, 1.82) is 0 Å². The first-order valence-electron chi connectivity index (χ1n) is 6.24. The van der Waals surface area contributed by atoms with Gasteiger partial charge in [-0.15, -0.1) is 0 Å². The van der Waals surface area contributed by atoms with E-state index in [9.17, 15) is 0 Å². The van der Waals surface area contributed by atoms with Gasteiger partial charge in [0.15, 0.2) is 5.82 Å². The van der Waals surface area contributed by atoms with Gasteiger partial charge in [0, 0.05) is 5.92 Å². The molecule has 0 saturated carbocycles. The summed E-state index contributed by atoms with van der Waals surface area (Å²) in [6.45, 7) is 1.99. The number of benzene rings is 1. The van der Waals surface area contributed by atoms with E-state index in [1.54, 1.807) is 6.07 Å². The van der Waals surface area contributed by atoms with E-state index in [1.807, 2.05) is 12.1 Å². The number of piperidine rings is 1. The topological polar surface area (TPSA) is 51.0 Å². The summed E-state index contributed by atoms with van der Waals surface area (Å²) in [6.07, 6.45) is 2.06. The van der Waals surface area contributed by atoms with Crippen LogP contribution in [0, 0.1) is 0 Å². The number of hydrogen-bond acceptors (Lipinski definition) is 4. The number of halogens is 2. The largest absolute Gasteiger partial charge is 0.334 e. The van der Waals surface area contributed by atoms with Crippen LogP contribution in [0.4, 0.5) is 0 Å². The SMILES string of the molecule is Clc1cccc(-c2nc(C3CCNCC3)no2)c1Cl. The lowest BCUT2D eigenvalue weighted by molar-refractivity contribution is 0.392. The van der Waals surface area contributed by atoms with Crippen LogP contribution in [0.25, 0.3) is 11.5 Å². The van der Waals surface area contributed by atoms with Gasteiger partial charge in [0.1, 0.15) is 0 Å². The Hall–Kier alpha value is -1.10. The summed E-state index contributed by atoms with van der Waals surface area (Å²) in [4.78, 5) is 4.46. The normalized spacial score (nSPS) is 16.7. The van der Waals surface area contributed by atoms with Gasteiger partial charge in [-0.1, -0.05) is 34.4 Å². The van der Waals surface area contributed by atoms with Gasteiger partial charge in [0.2, 0.25) is 0 Å². The third kappa shape index (κ3) is 2.61. The fourth-order valence-electron chi connectivity index (χ4n) is 2.26. The van der Waals surface area contributed by atoms with Crippen LogP contribution in [0.3, 0.4) is 0 Å². The van der Waals surface area contributed by atoms with Gasteiger partial charge in [-0.2, -0.15) is 4.98 Å². The molecule has 1 fully saturated rings. The average molecular weight is 298 g/mol. The fourth-order valence-corrected chi connectivity index (χ4v) is 2.64. The Bertz CT molecular complexity index is 579. The molecule has 0 radical (unpaired) electrons. The summed E-state index contributed by atoms with van der Waals surface area (Å²) in [5.74, 6) is 1.55. The summed E-state index contributed by atoms with van der Waals surface area (Å²) in [5, 5.41) is 8.32. The van der Waals surface area contributed by atoms with Crippen LogP contribution in [-0.4, -0.2) is 23.2 Å². The minimum atomic E-state index is 0.358. The number of aromatic nitrogens is 2. The van der Waals surface area contributed by atoms with Crippen LogP contribution in [0.15, 0.2) is 22.7 Å². The standard InChI is InChI=1S/C13H13Cl2N3O/c14-10-3-1-2-9(11(10)15)13-17-12(18-19-13)8-4-6-16-7-5-8/h1-3,8,16H,4-7H2. The van der Waals surface area contributed by atoms with Crippen LogP contribution in [-0.2, 0) is 0 Å². The van der Waals surface area contributed by atoms with E-state index >= 15 is 0 Å². The number of hydrogen-bond donors (Lipinski definition) is 1. The highest BCUT2D eigenvalue weighted by Crippen LogP contribution is 2.33. The fraction of sp³-hybridized carbons (Fsp3) is 0.385. The lowest BCUT2D eigenvalue weighted by atomic mass is 9.98. The molecule has 1 aliphatic heterocycles. The molecule has 0 atom stereocenters. The quantitative estimate of drug-likeness (QED) is 0.921. The number of nitrogens with one attached hydrogen (secondary N) is 1. The second kappa shape index (κ2) is 5.49. The van der Waals surface area contributed by atoms with Gasteiger partial charge >= 0.3 is 0 Å². The van der Waals surface area contributed by atoms with Crippen molar-refractivity contribution < 1.29 is 4.52 Å². The van der Waals surface area contributed by atoms with Gasteiger partial charge in [-0.05, 0) is 38.1 Å². The maximum absolute atomic E-state index is 6.15. The molecule has 1 aromatic heterocycles. The highest BCUT2D eigenvalue weighted by atomic mass is 35.5. The molecule has 0 spiro atoms. The molecule has 4 nitrogen and oxygen atoms in total. The van der Waals surface area contributed by atoms with Crippen LogP contribution in [0.5, 0.6) is 0 Å². The van der Waals surface area contributed by atoms with Gasteiger partial charge in [0.05, 0.1) is 15.6 Å². The molecule has 1 aliphatic rings. The van der Waals surface area contributed by atoms with E-state index < -0.39 is 0 Å². The lowest BCUT2D eigenvalue weighted by Crippen LogP contribution is -2.27. The molecular weight excluding hydrogens is 285 g/mol. The van der Waals surface area contributed by atoms with Crippen molar-refractivity contribution in [1.82, 2.24) is 15.5 Å². The maximum Gasteiger partial charge on any atom is 0.259 e. The molecule has 0 unspecified atom stereocenters. The molecule has 100 valence electrons. The monoisotopic (exact) mass is 297 g/mol. The Balaban J connectivity index is 1.90. The molecule has 1 aromatic carbocycles. The minimum Gasteiger partial charge on any atom is -0.334 e. The summed E-state index contributed by atoms with van der Waals surface area (Å²) < 4.78 is 5.32. The van der Waals surface area contributed by atoms with Crippen LogP contribution < -0.4 is 5.32 Å². The van der Waals surface area contributed by atoms with E-state index in [1.165, 1.54) is 0 Å². The Kier molecular flexibility index (Phi) is 3.73. The summed E-state index contributed by atoms with van der Waals surface area (Å²) in [5.41, 5.74) is 0.682. The van der Waals surface area contributed by atoms with Crippen molar-refractivity contribution >= 4 is 23.2 Å². The Morgan fingerprint density at radius 1 is 1.21 bits per heavy atom. The molecule has 0 aliphatic carbocycles. The highest BCUT2D eigenvalue weighted by Gasteiger charge is 2.22. The summed E-state index contributed by atoms with van der Waals surface area (Å²) in [7, 11) is 0. The van der Waals surface area contributed by atoms with E-state index in [2.05, 4.69) is 15.5 Å². The number of rotatable bonds is 2. The van der Waals surface area contributed by atoms with Crippen molar-refractivity contribution in [3.63, 3.8) is 0 Å². The molecule has 2 aromatic rings. The third-order valence-corrected chi connectivity index (χ3v) is 4.15. The summed E-state index contributed by atoms with van der Waals surface area (Å²) in [6, 6.07) is 5.38. The van der Waals surface area contributed by atoms with Crippen molar-refractivity contribution in [2.24, 2.45) is 0 Å². The van der Waals surface area contributed by atoms with Crippen LogP contribution >= 0.6 is 23.2 Å². The molecule has 19 heavy (non-hydrogen) atoms. The van der Waals surface area contributed by atoms with Gasteiger partial charge in [-0.25, -0.2) is 0 Å². The zero-order valence-corrected chi connectivity index (χ0v) is 11.7. The smallest absolute Gasteiger partial charge is 0.259 e. The predicted octanol–water partition coefficient (Wildman–Crippen LogP) is 3.51. The van der Waals surface area contributed by atoms with E-state index in [4.69, 9.17) is 27.7 Å². The zero-order valence-electron chi connectivity index (χ0n) is 10.2. The van der Waals surface area contributed by atoms with Crippen molar-refractivity contribution in [3.05, 3.63) is 34.1 Å². The second-order valence-electron chi connectivity index (χ2n) is 4.58. The molecule has 2 heterocycles. The minimum absolute atomic E-state index is 0.358. The van der Waals surface area contributed by atoms with Crippen LogP contribution in [0.1, 0.15) is 24.6 Å². The number of nitrogens with zero attached hydrogens (tertiary/aromatic N) is 2. The first-order valence-corrected chi connectivity index (χ1v) is 7.00. The highest BCUT2D eigenvalue weighted by molar-refractivity contribution is 6.43. The molecule has 0 bridgehead atoms. The van der Waals surface area contributed by atoms with Gasteiger partial charge < -0.3 is 9.84 Å². The second-order valence-corrected chi connectivity index (χ2v) is 5.37. The molecule has 1 N–H and O–H groups in total. The van der Waals surface area contributed by atoms with Gasteiger partial charge in [0.25, 0.3) is 5.89 Å². The lowest BCUT2D eigenvalue weighted by Gasteiger charge is -2.18.